The zero-order chi connectivity index (χ0) is 22.7. The van der Waals surface area contributed by atoms with E-state index in [4.69, 9.17) is 4.98 Å². The van der Waals surface area contributed by atoms with Crippen LogP contribution in [0, 0.1) is 5.82 Å². The molecule has 1 aliphatic rings. The number of imidazole rings is 1. The van der Waals surface area contributed by atoms with Crippen molar-refractivity contribution in [2.75, 3.05) is 32.1 Å². The largest absolute Gasteiger partial charge is 0.347 e. The van der Waals surface area contributed by atoms with E-state index in [-0.39, 0.29) is 17.6 Å². The third kappa shape index (κ3) is 4.64. The first-order chi connectivity index (χ1) is 15.5. The van der Waals surface area contributed by atoms with E-state index < -0.39 is 0 Å². The van der Waals surface area contributed by atoms with Gasteiger partial charge in [-0.3, -0.25) is 4.79 Å². The third-order valence-electron chi connectivity index (χ3n) is 5.95. The van der Waals surface area contributed by atoms with Gasteiger partial charge in [0, 0.05) is 63.7 Å². The van der Waals surface area contributed by atoms with Crippen molar-refractivity contribution >= 4 is 11.9 Å². The molecule has 1 aliphatic heterocycles. The van der Waals surface area contributed by atoms with Gasteiger partial charge in [-0.2, -0.15) is 0 Å². The minimum absolute atomic E-state index is 0.0860. The number of nitrogens with zero attached hydrogens (tertiary/aromatic N) is 6. The predicted octanol–water partition coefficient (Wildman–Crippen LogP) is 3.51. The lowest BCUT2D eigenvalue weighted by molar-refractivity contribution is -0.133. The number of carbonyl (C=O) groups excluding carboxylic acids is 1. The highest BCUT2D eigenvalue weighted by atomic mass is 19.1. The Kier molecular flexibility index (Phi) is 6.48. The topological polar surface area (TPSA) is 67.2 Å². The lowest BCUT2D eigenvalue weighted by Gasteiger charge is -2.33. The Hall–Kier alpha value is -3.29. The minimum Gasteiger partial charge on any atom is -0.347 e. The Bertz CT molecular complexity index is 1080. The van der Waals surface area contributed by atoms with Crippen LogP contribution in [-0.4, -0.2) is 57.5 Å². The maximum atomic E-state index is 13.5. The van der Waals surface area contributed by atoms with E-state index in [0.29, 0.717) is 19.0 Å². The molecule has 0 aliphatic carbocycles. The molecule has 0 spiro atoms. The molecule has 0 N–H and O–H groups in total. The number of hydrogen-bond donors (Lipinski definition) is 0. The fourth-order valence-corrected chi connectivity index (χ4v) is 4.23. The summed E-state index contributed by atoms with van der Waals surface area (Å²) in [5.74, 6) is 1.44. The van der Waals surface area contributed by atoms with Crippen molar-refractivity contribution in [1.29, 1.82) is 0 Å². The van der Waals surface area contributed by atoms with Gasteiger partial charge in [0.15, 0.2) is 0 Å². The molecule has 1 amide bonds. The molecule has 168 valence electrons. The van der Waals surface area contributed by atoms with Gasteiger partial charge >= 0.3 is 0 Å². The molecule has 0 saturated carbocycles. The molecular weight excluding hydrogens is 407 g/mol. The minimum atomic E-state index is -0.276. The first-order valence-corrected chi connectivity index (χ1v) is 11.0. The Labute approximate surface area is 187 Å². The summed E-state index contributed by atoms with van der Waals surface area (Å²) in [6, 6.07) is 6.41. The molecule has 4 rings (SSSR count). The Morgan fingerprint density at radius 2 is 2.00 bits per heavy atom. The van der Waals surface area contributed by atoms with Gasteiger partial charge in [-0.05, 0) is 30.5 Å². The number of amides is 1. The van der Waals surface area contributed by atoms with Crippen LogP contribution in [0.3, 0.4) is 0 Å². The van der Waals surface area contributed by atoms with Crippen LogP contribution in [0.1, 0.15) is 37.2 Å². The molecule has 0 radical (unpaired) electrons. The summed E-state index contributed by atoms with van der Waals surface area (Å²) in [7, 11) is 3.81. The molecule has 3 heterocycles. The standard InChI is InChI=1S/C24H29FN6O/c1-4-21-26-11-13-30(21)16-22(32)31-12-5-6-18(15-31)23-20(14-27-24(28-23)29(2)3)17-7-9-19(25)10-8-17/h7-11,13-14,18H,4-6,12,15-16H2,1-3H3. The van der Waals surface area contributed by atoms with E-state index in [2.05, 4.69) is 9.97 Å². The second kappa shape index (κ2) is 9.46. The van der Waals surface area contributed by atoms with Gasteiger partial charge in [0.05, 0.1) is 5.69 Å². The molecular formula is C24H29FN6O. The van der Waals surface area contributed by atoms with Gasteiger partial charge in [0.25, 0.3) is 0 Å². The van der Waals surface area contributed by atoms with Crippen LogP contribution in [0.15, 0.2) is 42.9 Å². The molecule has 0 bridgehead atoms. The van der Waals surface area contributed by atoms with Gasteiger partial charge in [0.1, 0.15) is 18.2 Å². The summed E-state index contributed by atoms with van der Waals surface area (Å²) in [4.78, 5) is 30.5. The fraction of sp³-hybridized carbons (Fsp3) is 0.417. The summed E-state index contributed by atoms with van der Waals surface area (Å²) in [6.07, 6.45) is 8.05. The number of carbonyl (C=O) groups is 1. The van der Waals surface area contributed by atoms with Gasteiger partial charge in [0.2, 0.25) is 11.9 Å². The Balaban J connectivity index is 1.61. The lowest BCUT2D eigenvalue weighted by atomic mass is 9.90. The number of aryl methyl sites for hydroxylation is 1. The molecule has 1 aromatic carbocycles. The highest BCUT2D eigenvalue weighted by molar-refractivity contribution is 5.76. The van der Waals surface area contributed by atoms with E-state index in [1.54, 1.807) is 18.3 Å². The van der Waals surface area contributed by atoms with E-state index in [1.165, 1.54) is 12.1 Å². The maximum absolute atomic E-state index is 13.5. The van der Waals surface area contributed by atoms with E-state index in [1.807, 2.05) is 47.8 Å². The molecule has 2 aromatic heterocycles. The first-order valence-electron chi connectivity index (χ1n) is 11.0. The van der Waals surface area contributed by atoms with Gasteiger partial charge in [-0.1, -0.05) is 19.1 Å². The summed E-state index contributed by atoms with van der Waals surface area (Å²) in [6.45, 7) is 3.68. The van der Waals surface area contributed by atoms with Gasteiger partial charge < -0.3 is 14.4 Å². The van der Waals surface area contributed by atoms with Crippen molar-refractivity contribution in [3.63, 3.8) is 0 Å². The smallest absolute Gasteiger partial charge is 0.242 e. The van der Waals surface area contributed by atoms with E-state index in [9.17, 15) is 9.18 Å². The van der Waals surface area contributed by atoms with Crippen LogP contribution >= 0.6 is 0 Å². The van der Waals surface area contributed by atoms with Crippen molar-refractivity contribution in [3.05, 3.63) is 60.2 Å². The van der Waals surface area contributed by atoms with E-state index >= 15 is 0 Å². The number of piperidine rings is 1. The summed E-state index contributed by atoms with van der Waals surface area (Å²) < 4.78 is 15.4. The molecule has 1 fully saturated rings. The van der Waals surface area contributed by atoms with Crippen LogP contribution in [-0.2, 0) is 17.8 Å². The lowest BCUT2D eigenvalue weighted by Crippen LogP contribution is -2.41. The summed E-state index contributed by atoms with van der Waals surface area (Å²) >= 11 is 0. The van der Waals surface area contributed by atoms with Crippen LogP contribution in [0.25, 0.3) is 11.1 Å². The number of anilines is 1. The number of rotatable bonds is 6. The molecule has 1 unspecified atom stereocenters. The fourth-order valence-electron chi connectivity index (χ4n) is 4.23. The van der Waals surface area contributed by atoms with Crippen LogP contribution in [0.4, 0.5) is 10.3 Å². The first kappa shape index (κ1) is 21.9. The molecule has 7 nitrogen and oxygen atoms in total. The van der Waals surface area contributed by atoms with Crippen molar-refractivity contribution in [2.24, 2.45) is 0 Å². The normalized spacial score (nSPS) is 16.2. The van der Waals surface area contributed by atoms with Crippen LogP contribution in [0.2, 0.25) is 0 Å². The average molecular weight is 437 g/mol. The predicted molar refractivity (Wildman–Crippen MR) is 122 cm³/mol. The van der Waals surface area contributed by atoms with Gasteiger partial charge in [-0.15, -0.1) is 0 Å². The second-order valence-corrected chi connectivity index (χ2v) is 8.37. The molecule has 3 aromatic rings. The van der Waals surface area contributed by atoms with Crippen molar-refractivity contribution < 1.29 is 9.18 Å². The Morgan fingerprint density at radius 1 is 1.22 bits per heavy atom. The summed E-state index contributed by atoms with van der Waals surface area (Å²) in [5, 5.41) is 0. The zero-order valence-electron chi connectivity index (χ0n) is 18.8. The van der Waals surface area contributed by atoms with Crippen molar-refractivity contribution in [1.82, 2.24) is 24.4 Å². The van der Waals surface area contributed by atoms with Crippen molar-refractivity contribution in [2.45, 2.75) is 38.6 Å². The Morgan fingerprint density at radius 3 is 2.72 bits per heavy atom. The maximum Gasteiger partial charge on any atom is 0.242 e. The number of benzene rings is 1. The highest BCUT2D eigenvalue weighted by Gasteiger charge is 2.28. The van der Waals surface area contributed by atoms with Crippen molar-refractivity contribution in [3.8, 4) is 11.1 Å². The monoisotopic (exact) mass is 436 g/mol. The quantitative estimate of drug-likeness (QED) is 0.592. The number of hydrogen-bond acceptors (Lipinski definition) is 5. The van der Waals surface area contributed by atoms with Gasteiger partial charge in [-0.25, -0.2) is 19.3 Å². The number of halogens is 1. The highest BCUT2D eigenvalue weighted by Crippen LogP contribution is 2.34. The molecule has 32 heavy (non-hydrogen) atoms. The summed E-state index contributed by atoms with van der Waals surface area (Å²) in [5.41, 5.74) is 2.67. The average Bonchev–Trinajstić information content (AvgIpc) is 3.26. The van der Waals surface area contributed by atoms with Crippen LogP contribution in [0.5, 0.6) is 0 Å². The molecule has 8 heteroatoms. The molecule has 1 atom stereocenters. The number of aromatic nitrogens is 4. The SMILES string of the molecule is CCc1nccn1CC(=O)N1CCCC(c2nc(N(C)C)ncc2-c2ccc(F)cc2)C1. The van der Waals surface area contributed by atoms with E-state index in [0.717, 1.165) is 48.5 Å². The third-order valence-corrected chi connectivity index (χ3v) is 5.95. The number of likely N-dealkylation sites (tertiary alicyclic amines) is 1. The second-order valence-electron chi connectivity index (χ2n) is 8.37. The zero-order valence-corrected chi connectivity index (χ0v) is 18.8. The van der Waals surface area contributed by atoms with Crippen LogP contribution < -0.4 is 4.90 Å². The molecule has 1 saturated heterocycles.